The van der Waals surface area contributed by atoms with Crippen LogP contribution in [0.25, 0.3) is 0 Å². The van der Waals surface area contributed by atoms with Crippen LogP contribution >= 0.6 is 0 Å². The Morgan fingerprint density at radius 3 is 2.04 bits per heavy atom. The lowest BCUT2D eigenvalue weighted by molar-refractivity contribution is -0.334. The molecule has 0 bridgehead atoms. The van der Waals surface area contributed by atoms with Gasteiger partial charge in [-0.25, -0.2) is 0 Å². The van der Waals surface area contributed by atoms with E-state index >= 15 is 0 Å². The van der Waals surface area contributed by atoms with Crippen LogP contribution in [0.2, 0.25) is 0 Å². The molecule has 0 unspecified atom stereocenters. The monoisotopic (exact) mass is 363 g/mol. The molecule has 1 heterocycles. The van der Waals surface area contributed by atoms with Crippen LogP contribution in [0, 0.1) is 11.3 Å². The summed E-state index contributed by atoms with van der Waals surface area (Å²) in [7, 11) is 0. The molecule has 2 amide bonds. The second kappa shape index (κ2) is 6.77. The maximum Gasteiger partial charge on any atom is 0.404 e. The zero-order valence-electron chi connectivity index (χ0n) is 13.1. The topological polar surface area (TPSA) is 75.4 Å². The molecule has 1 aliphatic heterocycles. The van der Waals surface area contributed by atoms with Crippen LogP contribution in [-0.4, -0.2) is 54.7 Å². The number of halogens is 6. The number of rotatable bonds is 4. The molecule has 1 saturated heterocycles. The lowest BCUT2D eigenvalue weighted by atomic mass is 9.85. The highest BCUT2D eigenvalue weighted by Crippen LogP contribution is 2.55. The number of nitrogens with one attached hydrogen (secondary N) is 1. The van der Waals surface area contributed by atoms with Crippen molar-refractivity contribution >= 4 is 11.8 Å². The van der Waals surface area contributed by atoms with Crippen molar-refractivity contribution in [3.63, 3.8) is 0 Å². The normalized spacial score (nSPS) is 19.5. The Hall–Kier alpha value is -1.52. The Bertz CT molecular complexity index is 475. The third-order valence-corrected chi connectivity index (χ3v) is 4.14. The molecule has 0 aromatic rings. The van der Waals surface area contributed by atoms with E-state index < -0.39 is 61.7 Å². The molecule has 3 N–H and O–H groups in total. The van der Waals surface area contributed by atoms with Gasteiger partial charge in [0.25, 0.3) is 0 Å². The Morgan fingerprint density at radius 1 is 1.17 bits per heavy atom. The van der Waals surface area contributed by atoms with E-state index in [-0.39, 0.29) is 5.92 Å². The number of alkyl halides is 6. The molecular formula is C13H19F6N3O2. The first kappa shape index (κ1) is 20.5. The summed E-state index contributed by atoms with van der Waals surface area (Å²) in [5, 5.41) is 2.13. The van der Waals surface area contributed by atoms with E-state index in [1.54, 1.807) is 13.8 Å². The molecular weight excluding hydrogens is 344 g/mol. The number of nitrogens with two attached hydrogens (primary N) is 1. The van der Waals surface area contributed by atoms with Crippen LogP contribution in [0.1, 0.15) is 20.3 Å². The summed E-state index contributed by atoms with van der Waals surface area (Å²) in [6.07, 6.45) is -12.3. The van der Waals surface area contributed by atoms with Gasteiger partial charge in [-0.1, -0.05) is 13.8 Å². The minimum absolute atomic E-state index is 0.241. The smallest absolute Gasteiger partial charge is 0.346 e. The number of likely N-dealkylation sites (tertiary alicyclic amines) is 1. The molecule has 0 aliphatic carbocycles. The maximum absolute atomic E-state index is 12.9. The van der Waals surface area contributed by atoms with Crippen LogP contribution in [0.4, 0.5) is 26.3 Å². The van der Waals surface area contributed by atoms with Gasteiger partial charge in [0.05, 0.1) is 12.6 Å². The first-order valence-electron chi connectivity index (χ1n) is 7.17. The third kappa shape index (κ3) is 3.93. The SMILES string of the molecule is CC(C)[C@H](N)C(=O)NCC(=O)N1CCC(C(F)(F)F)(C(F)(F)F)C1. The molecule has 1 fully saturated rings. The second-order valence-corrected chi connectivity index (χ2v) is 6.13. The molecule has 24 heavy (non-hydrogen) atoms. The van der Waals surface area contributed by atoms with Crippen LogP contribution in [-0.2, 0) is 9.59 Å². The summed E-state index contributed by atoms with van der Waals surface area (Å²) in [5.41, 5.74) is 1.59. The summed E-state index contributed by atoms with van der Waals surface area (Å²) in [6.45, 7) is 0.390. The number of carbonyl (C=O) groups is 2. The minimum atomic E-state index is -5.52. The average molecular weight is 363 g/mol. The Kier molecular flexibility index (Phi) is 5.79. The van der Waals surface area contributed by atoms with Gasteiger partial charge in [-0.15, -0.1) is 0 Å². The fraction of sp³-hybridized carbons (Fsp3) is 0.846. The molecule has 0 saturated carbocycles. The molecule has 0 aromatic heterocycles. The van der Waals surface area contributed by atoms with Crippen molar-refractivity contribution in [2.24, 2.45) is 17.1 Å². The van der Waals surface area contributed by atoms with Crippen molar-refractivity contribution in [3.8, 4) is 0 Å². The molecule has 0 radical (unpaired) electrons. The first-order chi connectivity index (χ1) is 10.7. The molecule has 140 valence electrons. The van der Waals surface area contributed by atoms with Gasteiger partial charge < -0.3 is 16.0 Å². The van der Waals surface area contributed by atoms with Gasteiger partial charge in [-0.2, -0.15) is 26.3 Å². The highest BCUT2D eigenvalue weighted by Gasteiger charge is 2.72. The zero-order chi connectivity index (χ0) is 18.9. The molecule has 1 atom stereocenters. The summed E-state index contributed by atoms with van der Waals surface area (Å²) >= 11 is 0. The fourth-order valence-electron chi connectivity index (χ4n) is 2.34. The van der Waals surface area contributed by atoms with E-state index in [4.69, 9.17) is 5.73 Å². The number of nitrogens with zero attached hydrogens (tertiary/aromatic N) is 1. The number of hydrogen-bond donors (Lipinski definition) is 2. The summed E-state index contributed by atoms with van der Waals surface area (Å²) in [4.78, 5) is 23.9. The van der Waals surface area contributed by atoms with E-state index in [9.17, 15) is 35.9 Å². The summed E-state index contributed by atoms with van der Waals surface area (Å²) in [6, 6.07) is -0.930. The number of hydrogen-bond acceptors (Lipinski definition) is 3. The van der Waals surface area contributed by atoms with Crippen molar-refractivity contribution in [1.29, 1.82) is 0 Å². The van der Waals surface area contributed by atoms with E-state index in [0.717, 1.165) is 0 Å². The standard InChI is InChI=1S/C13H19F6N3O2/c1-7(2)9(20)10(24)21-5-8(23)22-4-3-11(6-22,12(14,15)16)13(17,18)19/h7,9H,3-6,20H2,1-2H3,(H,21,24)/t9-/m0/s1. The molecule has 0 spiro atoms. The number of amides is 2. The Morgan fingerprint density at radius 2 is 1.67 bits per heavy atom. The summed E-state index contributed by atoms with van der Waals surface area (Å²) < 4.78 is 77.5. The fourth-order valence-corrected chi connectivity index (χ4v) is 2.34. The zero-order valence-corrected chi connectivity index (χ0v) is 13.1. The van der Waals surface area contributed by atoms with Crippen molar-refractivity contribution in [2.45, 2.75) is 38.7 Å². The van der Waals surface area contributed by atoms with Crippen LogP contribution < -0.4 is 11.1 Å². The van der Waals surface area contributed by atoms with E-state index in [1.165, 1.54) is 0 Å². The van der Waals surface area contributed by atoms with Crippen LogP contribution in [0.15, 0.2) is 0 Å². The quantitative estimate of drug-likeness (QED) is 0.742. The molecule has 1 aliphatic rings. The van der Waals surface area contributed by atoms with E-state index in [0.29, 0.717) is 4.90 Å². The first-order valence-corrected chi connectivity index (χ1v) is 7.17. The van der Waals surface area contributed by atoms with Crippen LogP contribution in [0.5, 0.6) is 0 Å². The number of carbonyl (C=O) groups excluding carboxylic acids is 2. The lowest BCUT2D eigenvalue weighted by Gasteiger charge is -2.33. The van der Waals surface area contributed by atoms with Gasteiger partial charge >= 0.3 is 12.4 Å². The van der Waals surface area contributed by atoms with Gasteiger partial charge in [0.1, 0.15) is 0 Å². The highest BCUT2D eigenvalue weighted by molar-refractivity contribution is 5.87. The Balaban J connectivity index is 2.74. The molecule has 1 rings (SSSR count). The molecule has 11 heteroatoms. The van der Waals surface area contributed by atoms with Crippen molar-refractivity contribution in [3.05, 3.63) is 0 Å². The largest absolute Gasteiger partial charge is 0.404 e. The van der Waals surface area contributed by atoms with Crippen molar-refractivity contribution < 1.29 is 35.9 Å². The average Bonchev–Trinajstić information content (AvgIpc) is 2.89. The lowest BCUT2D eigenvalue weighted by Crippen LogP contribution is -2.53. The molecule has 0 aromatic carbocycles. The van der Waals surface area contributed by atoms with Gasteiger partial charge in [0.2, 0.25) is 11.8 Å². The predicted octanol–water partition coefficient (Wildman–Crippen LogP) is 1.43. The van der Waals surface area contributed by atoms with Crippen LogP contribution in [0.3, 0.4) is 0 Å². The maximum atomic E-state index is 12.9. The highest BCUT2D eigenvalue weighted by atomic mass is 19.4. The van der Waals surface area contributed by atoms with Gasteiger partial charge in [0, 0.05) is 13.1 Å². The summed E-state index contributed by atoms with van der Waals surface area (Å²) in [5.74, 6) is -1.96. The Labute approximate surface area is 134 Å². The van der Waals surface area contributed by atoms with Crippen molar-refractivity contribution in [1.82, 2.24) is 10.2 Å². The third-order valence-electron chi connectivity index (χ3n) is 4.14. The van der Waals surface area contributed by atoms with Gasteiger partial charge in [-0.05, 0) is 12.3 Å². The van der Waals surface area contributed by atoms with E-state index in [2.05, 4.69) is 5.32 Å². The second-order valence-electron chi connectivity index (χ2n) is 6.13. The minimum Gasteiger partial charge on any atom is -0.346 e. The van der Waals surface area contributed by atoms with Gasteiger partial charge in [-0.3, -0.25) is 9.59 Å². The van der Waals surface area contributed by atoms with Gasteiger partial charge in [0.15, 0.2) is 5.41 Å². The molecule has 5 nitrogen and oxygen atoms in total. The van der Waals surface area contributed by atoms with E-state index in [1.807, 2.05) is 0 Å². The van der Waals surface area contributed by atoms with Crippen molar-refractivity contribution in [2.75, 3.05) is 19.6 Å². The predicted molar refractivity (Wildman–Crippen MR) is 71.6 cm³/mol.